The summed E-state index contributed by atoms with van der Waals surface area (Å²) in [6, 6.07) is 1.63. The molecule has 1 atom stereocenters. The topological polar surface area (TPSA) is 15.3 Å². The van der Waals surface area contributed by atoms with Crippen molar-refractivity contribution < 1.29 is 0 Å². The van der Waals surface area contributed by atoms with Crippen LogP contribution in [0.3, 0.4) is 0 Å². The van der Waals surface area contributed by atoms with Crippen LogP contribution in [0.25, 0.3) is 0 Å². The van der Waals surface area contributed by atoms with Gasteiger partial charge in [-0.1, -0.05) is 6.08 Å². The Balaban J connectivity index is 1.77. The van der Waals surface area contributed by atoms with Crippen molar-refractivity contribution in [3.63, 3.8) is 0 Å². The molecule has 0 radical (unpaired) electrons. The molecule has 0 spiro atoms. The van der Waals surface area contributed by atoms with E-state index in [-0.39, 0.29) is 0 Å². The molecule has 1 heterocycles. The van der Waals surface area contributed by atoms with E-state index >= 15 is 0 Å². The molecule has 0 aromatic carbocycles. The summed E-state index contributed by atoms with van der Waals surface area (Å²) in [7, 11) is 0. The van der Waals surface area contributed by atoms with Gasteiger partial charge in [-0.05, 0) is 32.2 Å². The lowest BCUT2D eigenvalue weighted by molar-refractivity contribution is 0.264. The minimum atomic E-state index is 0.751. The van der Waals surface area contributed by atoms with E-state index in [1.165, 1.54) is 38.8 Å². The zero-order valence-electron chi connectivity index (χ0n) is 8.34. The van der Waals surface area contributed by atoms with Crippen LogP contribution in [-0.4, -0.2) is 36.6 Å². The zero-order chi connectivity index (χ0) is 9.10. The SMILES string of the molecule is C=CCN(CC1CCCN1)C1CC1. The van der Waals surface area contributed by atoms with Crippen molar-refractivity contribution in [1.82, 2.24) is 10.2 Å². The number of nitrogens with one attached hydrogen (secondary N) is 1. The van der Waals surface area contributed by atoms with Crippen molar-refractivity contribution in [2.45, 2.75) is 37.8 Å². The third-order valence-electron chi connectivity index (χ3n) is 3.04. The van der Waals surface area contributed by atoms with Crippen LogP contribution in [0.4, 0.5) is 0 Å². The number of hydrogen-bond donors (Lipinski definition) is 1. The van der Waals surface area contributed by atoms with Crippen LogP contribution in [0.2, 0.25) is 0 Å². The summed E-state index contributed by atoms with van der Waals surface area (Å²) < 4.78 is 0. The van der Waals surface area contributed by atoms with Crippen LogP contribution in [0.1, 0.15) is 25.7 Å². The molecule has 1 saturated carbocycles. The lowest BCUT2D eigenvalue weighted by Gasteiger charge is -2.23. The second-order valence-electron chi connectivity index (χ2n) is 4.27. The van der Waals surface area contributed by atoms with Gasteiger partial charge in [0, 0.05) is 25.2 Å². The Bertz CT molecular complexity index is 169. The van der Waals surface area contributed by atoms with Gasteiger partial charge in [-0.3, -0.25) is 4.90 Å². The van der Waals surface area contributed by atoms with Gasteiger partial charge in [0.15, 0.2) is 0 Å². The molecule has 1 aliphatic carbocycles. The van der Waals surface area contributed by atoms with Gasteiger partial charge in [-0.15, -0.1) is 6.58 Å². The van der Waals surface area contributed by atoms with E-state index in [1.54, 1.807) is 0 Å². The van der Waals surface area contributed by atoms with E-state index in [2.05, 4.69) is 16.8 Å². The molecule has 2 nitrogen and oxygen atoms in total. The van der Waals surface area contributed by atoms with E-state index in [1.807, 2.05) is 6.08 Å². The van der Waals surface area contributed by atoms with Gasteiger partial charge < -0.3 is 5.32 Å². The molecule has 0 bridgehead atoms. The van der Waals surface area contributed by atoms with Crippen molar-refractivity contribution in [3.05, 3.63) is 12.7 Å². The molecule has 2 rings (SSSR count). The van der Waals surface area contributed by atoms with Crippen LogP contribution < -0.4 is 5.32 Å². The number of rotatable bonds is 5. The number of hydrogen-bond acceptors (Lipinski definition) is 2. The van der Waals surface area contributed by atoms with Gasteiger partial charge in [0.2, 0.25) is 0 Å². The first-order chi connectivity index (χ1) is 6.40. The summed E-state index contributed by atoms with van der Waals surface area (Å²) in [6.07, 6.45) is 7.56. The lowest BCUT2D eigenvalue weighted by Crippen LogP contribution is -2.38. The summed E-state index contributed by atoms with van der Waals surface area (Å²) >= 11 is 0. The van der Waals surface area contributed by atoms with Crippen LogP contribution in [-0.2, 0) is 0 Å². The molecule has 1 aliphatic heterocycles. The first-order valence-electron chi connectivity index (χ1n) is 5.48. The van der Waals surface area contributed by atoms with Gasteiger partial charge in [0.05, 0.1) is 0 Å². The largest absolute Gasteiger partial charge is 0.313 e. The van der Waals surface area contributed by atoms with Crippen molar-refractivity contribution in [1.29, 1.82) is 0 Å². The Morgan fingerprint density at radius 2 is 2.23 bits per heavy atom. The normalized spacial score (nSPS) is 28.2. The smallest absolute Gasteiger partial charge is 0.0195 e. The van der Waals surface area contributed by atoms with Gasteiger partial charge in [-0.25, -0.2) is 0 Å². The molecule has 74 valence electrons. The molecule has 1 saturated heterocycles. The average molecular weight is 180 g/mol. The fourth-order valence-corrected chi connectivity index (χ4v) is 2.17. The van der Waals surface area contributed by atoms with E-state index in [9.17, 15) is 0 Å². The fourth-order valence-electron chi connectivity index (χ4n) is 2.17. The Hall–Kier alpha value is -0.340. The predicted molar refractivity (Wildman–Crippen MR) is 55.8 cm³/mol. The molecule has 13 heavy (non-hydrogen) atoms. The second kappa shape index (κ2) is 4.25. The van der Waals surface area contributed by atoms with Crippen LogP contribution in [0, 0.1) is 0 Å². The molecule has 0 amide bonds. The molecule has 2 heteroatoms. The monoisotopic (exact) mass is 180 g/mol. The van der Waals surface area contributed by atoms with Crippen LogP contribution >= 0.6 is 0 Å². The fraction of sp³-hybridized carbons (Fsp3) is 0.818. The van der Waals surface area contributed by atoms with Crippen LogP contribution in [0.5, 0.6) is 0 Å². The zero-order valence-corrected chi connectivity index (χ0v) is 8.34. The van der Waals surface area contributed by atoms with Crippen molar-refractivity contribution in [2.75, 3.05) is 19.6 Å². The van der Waals surface area contributed by atoms with E-state index < -0.39 is 0 Å². The highest BCUT2D eigenvalue weighted by atomic mass is 15.2. The molecule has 2 aliphatic rings. The summed E-state index contributed by atoms with van der Waals surface area (Å²) in [5.41, 5.74) is 0. The third kappa shape index (κ3) is 2.55. The maximum atomic E-state index is 3.82. The molecule has 2 fully saturated rings. The Morgan fingerprint density at radius 1 is 1.38 bits per heavy atom. The molecule has 0 aromatic heterocycles. The van der Waals surface area contributed by atoms with Crippen molar-refractivity contribution >= 4 is 0 Å². The van der Waals surface area contributed by atoms with Gasteiger partial charge >= 0.3 is 0 Å². The van der Waals surface area contributed by atoms with Gasteiger partial charge in [0.1, 0.15) is 0 Å². The summed E-state index contributed by atoms with van der Waals surface area (Å²) in [4.78, 5) is 2.58. The third-order valence-corrected chi connectivity index (χ3v) is 3.04. The van der Waals surface area contributed by atoms with Gasteiger partial charge in [0.25, 0.3) is 0 Å². The Kier molecular flexibility index (Phi) is 3.01. The minimum absolute atomic E-state index is 0.751. The molecular weight excluding hydrogens is 160 g/mol. The maximum Gasteiger partial charge on any atom is 0.0195 e. The second-order valence-corrected chi connectivity index (χ2v) is 4.27. The summed E-state index contributed by atoms with van der Waals surface area (Å²) in [6.45, 7) is 7.35. The first kappa shape index (κ1) is 9.22. The average Bonchev–Trinajstić information content (AvgIpc) is 2.85. The van der Waals surface area contributed by atoms with Crippen molar-refractivity contribution in [2.24, 2.45) is 0 Å². The van der Waals surface area contributed by atoms with Crippen molar-refractivity contribution in [3.8, 4) is 0 Å². The first-order valence-corrected chi connectivity index (χ1v) is 5.48. The highest BCUT2D eigenvalue weighted by molar-refractivity contribution is 4.91. The number of nitrogens with zero attached hydrogens (tertiary/aromatic N) is 1. The summed E-state index contributed by atoms with van der Waals surface area (Å²) in [5.74, 6) is 0. The molecule has 1 unspecified atom stereocenters. The van der Waals surface area contributed by atoms with E-state index in [0.717, 1.165) is 18.6 Å². The predicted octanol–water partition coefficient (Wildman–Crippen LogP) is 1.39. The highest BCUT2D eigenvalue weighted by Crippen LogP contribution is 2.27. The maximum absolute atomic E-state index is 3.82. The molecule has 0 aromatic rings. The van der Waals surface area contributed by atoms with E-state index in [0.29, 0.717) is 0 Å². The quantitative estimate of drug-likeness (QED) is 0.643. The summed E-state index contributed by atoms with van der Waals surface area (Å²) in [5, 5.41) is 3.55. The Labute approximate surface area is 81.0 Å². The van der Waals surface area contributed by atoms with Crippen LogP contribution in [0.15, 0.2) is 12.7 Å². The van der Waals surface area contributed by atoms with E-state index in [4.69, 9.17) is 0 Å². The highest BCUT2D eigenvalue weighted by Gasteiger charge is 2.30. The lowest BCUT2D eigenvalue weighted by atomic mass is 10.2. The van der Waals surface area contributed by atoms with Gasteiger partial charge in [-0.2, -0.15) is 0 Å². The standard InChI is InChI=1S/C11H20N2/c1-2-8-13(11-5-6-11)9-10-4-3-7-12-10/h2,10-12H,1,3-9H2. The Morgan fingerprint density at radius 3 is 2.77 bits per heavy atom. The minimum Gasteiger partial charge on any atom is -0.313 e. The molecular formula is C11H20N2. The molecule has 1 N–H and O–H groups in total.